The molecule has 0 aliphatic heterocycles. The molecule has 4 rings (SSSR count). The Labute approximate surface area is 365 Å². The Morgan fingerprint density at radius 2 is 1.22 bits per heavy atom. The van der Waals surface area contributed by atoms with Crippen LogP contribution in [0.3, 0.4) is 0 Å². The van der Waals surface area contributed by atoms with Gasteiger partial charge in [0.2, 0.25) is 29.5 Å². The van der Waals surface area contributed by atoms with E-state index in [1.54, 1.807) is 30.3 Å². The van der Waals surface area contributed by atoms with E-state index in [1.807, 2.05) is 62.4 Å². The summed E-state index contributed by atoms with van der Waals surface area (Å²) in [6, 6.07) is 19.2. The second-order valence-corrected chi connectivity index (χ2v) is 15.6. The molecule has 18 heteroatoms. The van der Waals surface area contributed by atoms with Gasteiger partial charge < -0.3 is 52.6 Å². The first-order chi connectivity index (χ1) is 30.2. The third-order valence-corrected chi connectivity index (χ3v) is 10.3. The number of hydrogen-bond donors (Lipinski definition) is 9. The minimum absolute atomic E-state index is 0.00365. The maximum absolute atomic E-state index is 13.7. The Hall–Kier alpha value is -6.82. The van der Waals surface area contributed by atoms with Crippen molar-refractivity contribution in [3.8, 4) is 11.1 Å². The first kappa shape index (κ1) is 48.8. The Bertz CT molecular complexity index is 2040. The molecule has 3 aromatic rings. The topological polar surface area (TPSA) is 284 Å². The lowest BCUT2D eigenvalue weighted by molar-refractivity contribution is -0.142. The van der Waals surface area contributed by atoms with Gasteiger partial charge in [0, 0.05) is 18.8 Å². The number of ether oxygens (including phenoxy) is 1. The fraction of sp³-hybridized carbons (Fsp3) is 0.422. The SMILES string of the molecule is CC(C)C[C@H](NC(=O)[C@H](Cc1ccccc1)NC(=O)CNC(=O)CNC(=O)[C@H](CCC(=O)O)NC(=O)OCC1c2ccccc2-c2ccccc21)C(=O)N[C@@H](CCCCN)C(=O)O. The van der Waals surface area contributed by atoms with Crippen LogP contribution in [0.5, 0.6) is 0 Å². The van der Waals surface area contributed by atoms with Gasteiger partial charge in [-0.2, -0.15) is 0 Å². The number of alkyl carbamates (subject to hydrolysis) is 1. The van der Waals surface area contributed by atoms with Crippen molar-refractivity contribution < 1.29 is 53.3 Å². The summed E-state index contributed by atoms with van der Waals surface area (Å²) < 4.78 is 5.52. The number of amides is 6. The van der Waals surface area contributed by atoms with E-state index in [1.165, 1.54) is 0 Å². The molecule has 0 heterocycles. The van der Waals surface area contributed by atoms with Crippen LogP contribution < -0.4 is 37.6 Å². The fourth-order valence-electron chi connectivity index (χ4n) is 7.15. The molecule has 0 spiro atoms. The van der Waals surface area contributed by atoms with Gasteiger partial charge >= 0.3 is 18.0 Å². The smallest absolute Gasteiger partial charge is 0.407 e. The lowest BCUT2D eigenvalue weighted by atomic mass is 9.98. The zero-order valence-corrected chi connectivity index (χ0v) is 35.4. The molecule has 1 aliphatic carbocycles. The summed E-state index contributed by atoms with van der Waals surface area (Å²) in [5, 5.41) is 33.8. The summed E-state index contributed by atoms with van der Waals surface area (Å²) >= 11 is 0. The summed E-state index contributed by atoms with van der Waals surface area (Å²) in [6.07, 6.45) is -0.398. The summed E-state index contributed by atoms with van der Waals surface area (Å²) in [4.78, 5) is 102. The number of nitrogens with two attached hydrogens (primary N) is 1. The number of carboxylic acids is 2. The highest BCUT2D eigenvalue weighted by molar-refractivity contribution is 5.95. The Balaban J connectivity index is 1.32. The summed E-state index contributed by atoms with van der Waals surface area (Å²) in [5.74, 6) is -6.68. The van der Waals surface area contributed by atoms with Crippen LogP contribution in [0.4, 0.5) is 4.79 Å². The molecule has 1 aliphatic rings. The van der Waals surface area contributed by atoms with Crippen LogP contribution in [0, 0.1) is 5.92 Å². The lowest BCUT2D eigenvalue weighted by Crippen LogP contribution is -2.57. The lowest BCUT2D eigenvalue weighted by Gasteiger charge is -2.25. The highest BCUT2D eigenvalue weighted by Crippen LogP contribution is 2.44. The minimum Gasteiger partial charge on any atom is -0.481 e. The van der Waals surface area contributed by atoms with Crippen LogP contribution in [-0.2, 0) is 44.7 Å². The van der Waals surface area contributed by atoms with E-state index in [2.05, 4.69) is 31.9 Å². The van der Waals surface area contributed by atoms with Crippen molar-refractivity contribution in [2.45, 2.75) is 88.9 Å². The number of fused-ring (bicyclic) bond motifs is 3. The van der Waals surface area contributed by atoms with E-state index >= 15 is 0 Å². The number of hydrogen-bond acceptors (Lipinski definition) is 10. The molecule has 6 amide bonds. The second-order valence-electron chi connectivity index (χ2n) is 15.6. The van der Waals surface area contributed by atoms with Crippen LogP contribution in [0.2, 0.25) is 0 Å². The zero-order chi connectivity index (χ0) is 45.9. The first-order valence-corrected chi connectivity index (χ1v) is 20.9. The Morgan fingerprint density at radius 1 is 0.635 bits per heavy atom. The molecule has 63 heavy (non-hydrogen) atoms. The quantitative estimate of drug-likeness (QED) is 0.0553. The van der Waals surface area contributed by atoms with Crippen LogP contribution in [-0.4, -0.2) is 108 Å². The van der Waals surface area contributed by atoms with E-state index in [0.717, 1.165) is 22.3 Å². The summed E-state index contributed by atoms with van der Waals surface area (Å²) in [7, 11) is 0. The third-order valence-electron chi connectivity index (χ3n) is 10.3. The molecule has 338 valence electrons. The largest absolute Gasteiger partial charge is 0.481 e. The molecule has 0 saturated carbocycles. The standard InChI is InChI=1S/C45H57N7O11/c1-27(2)22-36(42(58)50-35(44(60)61)18-10-11-21-46)51-43(59)37(23-28-12-4-3-5-13-28)49-39(54)25-47-38(53)24-48-41(57)34(19-20-40(55)56)52-45(62)63-26-33-31-16-8-6-14-29(31)30-15-7-9-17-32(30)33/h3-9,12-17,27,33-37H,10-11,18-26,46H2,1-2H3,(H,47,53)(H,48,57)(H,49,54)(H,50,58)(H,51,59)(H,52,62)(H,55,56)(H,60,61)/t34-,35-,36-,37-/m0/s1. The van der Waals surface area contributed by atoms with Gasteiger partial charge in [-0.15, -0.1) is 0 Å². The van der Waals surface area contributed by atoms with Crippen LogP contribution in [0.15, 0.2) is 78.9 Å². The number of rotatable bonds is 25. The van der Waals surface area contributed by atoms with E-state index in [-0.39, 0.29) is 44.1 Å². The van der Waals surface area contributed by atoms with Crippen molar-refractivity contribution >= 4 is 47.6 Å². The van der Waals surface area contributed by atoms with Gasteiger partial charge in [-0.05, 0) is 72.4 Å². The van der Waals surface area contributed by atoms with Gasteiger partial charge in [0.05, 0.1) is 13.1 Å². The van der Waals surface area contributed by atoms with E-state index in [0.29, 0.717) is 24.9 Å². The highest BCUT2D eigenvalue weighted by Gasteiger charge is 2.32. The molecule has 0 fully saturated rings. The monoisotopic (exact) mass is 871 g/mol. The van der Waals surface area contributed by atoms with Gasteiger partial charge in [0.1, 0.15) is 30.8 Å². The predicted molar refractivity (Wildman–Crippen MR) is 231 cm³/mol. The zero-order valence-electron chi connectivity index (χ0n) is 35.4. The molecule has 0 unspecified atom stereocenters. The number of benzene rings is 3. The number of nitrogens with one attached hydrogen (secondary N) is 6. The van der Waals surface area contributed by atoms with Crippen LogP contribution in [0.1, 0.15) is 75.0 Å². The third kappa shape index (κ3) is 15.5. The fourth-order valence-corrected chi connectivity index (χ4v) is 7.15. The maximum atomic E-state index is 13.7. The van der Waals surface area contributed by atoms with Gasteiger partial charge in [0.15, 0.2) is 0 Å². The average molecular weight is 872 g/mol. The maximum Gasteiger partial charge on any atom is 0.407 e. The summed E-state index contributed by atoms with van der Waals surface area (Å²) in [6.45, 7) is 2.70. The molecule has 0 radical (unpaired) electrons. The van der Waals surface area contributed by atoms with Gasteiger partial charge in [0.25, 0.3) is 0 Å². The molecule has 10 N–H and O–H groups in total. The van der Waals surface area contributed by atoms with E-state index in [9.17, 15) is 48.6 Å². The van der Waals surface area contributed by atoms with Crippen molar-refractivity contribution in [1.29, 1.82) is 0 Å². The Kier molecular flexibility index (Phi) is 19.1. The molecule has 0 saturated heterocycles. The molecular weight excluding hydrogens is 815 g/mol. The van der Waals surface area contributed by atoms with Gasteiger partial charge in [-0.1, -0.05) is 92.7 Å². The molecule has 18 nitrogen and oxygen atoms in total. The number of carboxylic acid groups (broad SMARTS) is 2. The van der Waals surface area contributed by atoms with Gasteiger partial charge in [-0.25, -0.2) is 9.59 Å². The molecule has 0 aromatic heterocycles. The first-order valence-electron chi connectivity index (χ1n) is 20.9. The number of carbonyl (C=O) groups excluding carboxylic acids is 6. The highest BCUT2D eigenvalue weighted by atomic mass is 16.5. The normalized spacial score (nSPS) is 13.5. The molecular formula is C45H57N7O11. The predicted octanol–water partition coefficient (Wildman–Crippen LogP) is 1.95. The van der Waals surface area contributed by atoms with Gasteiger partial charge in [-0.3, -0.25) is 28.8 Å². The van der Waals surface area contributed by atoms with Crippen LogP contribution >= 0.6 is 0 Å². The average Bonchev–Trinajstić information content (AvgIpc) is 3.58. The van der Waals surface area contributed by atoms with E-state index < -0.39 is 91.2 Å². The van der Waals surface area contributed by atoms with Crippen molar-refractivity contribution in [2.24, 2.45) is 11.7 Å². The van der Waals surface area contributed by atoms with Crippen molar-refractivity contribution in [3.63, 3.8) is 0 Å². The molecule has 0 bridgehead atoms. The van der Waals surface area contributed by atoms with Crippen molar-refractivity contribution in [3.05, 3.63) is 95.6 Å². The molecule has 4 atom stereocenters. The van der Waals surface area contributed by atoms with E-state index in [4.69, 9.17) is 10.5 Å². The summed E-state index contributed by atoms with van der Waals surface area (Å²) in [5.41, 5.74) is 10.2. The van der Waals surface area contributed by atoms with Crippen molar-refractivity contribution in [1.82, 2.24) is 31.9 Å². The number of carbonyl (C=O) groups is 8. The number of unbranched alkanes of at least 4 members (excludes halogenated alkanes) is 1. The Morgan fingerprint density at radius 3 is 1.83 bits per heavy atom. The van der Waals surface area contributed by atoms with Crippen LogP contribution in [0.25, 0.3) is 11.1 Å². The number of aliphatic carboxylic acids is 2. The minimum atomic E-state index is -1.38. The molecule has 3 aromatic carbocycles. The van der Waals surface area contributed by atoms with Crippen molar-refractivity contribution in [2.75, 3.05) is 26.2 Å². The second kappa shape index (κ2) is 24.6.